The van der Waals surface area contributed by atoms with Gasteiger partial charge in [-0.25, -0.2) is 0 Å². The summed E-state index contributed by atoms with van der Waals surface area (Å²) in [5.41, 5.74) is 1.24. The molecule has 2 atom stereocenters. The van der Waals surface area contributed by atoms with E-state index in [2.05, 4.69) is 21.0 Å². The van der Waals surface area contributed by atoms with Gasteiger partial charge in [0.15, 0.2) is 0 Å². The second-order valence-corrected chi connectivity index (χ2v) is 4.71. The van der Waals surface area contributed by atoms with Crippen LogP contribution in [0.3, 0.4) is 0 Å². The van der Waals surface area contributed by atoms with Crippen LogP contribution in [0.25, 0.3) is 0 Å². The molecule has 4 heteroatoms. The minimum atomic E-state index is 0.0179. The zero-order valence-corrected chi connectivity index (χ0v) is 9.04. The van der Waals surface area contributed by atoms with Crippen molar-refractivity contribution in [3.63, 3.8) is 0 Å². The maximum absolute atomic E-state index is 5.76. The average molecular weight is 243 g/mol. The molecule has 2 aliphatic rings. The molecule has 0 spiro atoms. The van der Waals surface area contributed by atoms with Gasteiger partial charge in [0.05, 0.1) is 22.5 Å². The topological polar surface area (TPSA) is 30.4 Å². The summed E-state index contributed by atoms with van der Waals surface area (Å²) in [7, 11) is 1.98. The van der Waals surface area contributed by atoms with E-state index < -0.39 is 0 Å². The van der Waals surface area contributed by atoms with Gasteiger partial charge in [-0.05, 0) is 35.2 Å². The van der Waals surface area contributed by atoms with Crippen LogP contribution < -0.4 is 0 Å². The van der Waals surface area contributed by atoms with Crippen LogP contribution in [0.5, 0.6) is 0 Å². The number of nitrogens with zero attached hydrogens (tertiary/aromatic N) is 2. The normalized spacial score (nSPS) is 36.3. The molecule has 1 saturated heterocycles. The SMILES string of the molecule is Cn1ncc(Br)c1[C@]12CCC[C@H]1O2. The summed E-state index contributed by atoms with van der Waals surface area (Å²) >= 11 is 3.53. The lowest BCUT2D eigenvalue weighted by Gasteiger charge is -2.09. The summed E-state index contributed by atoms with van der Waals surface area (Å²) in [5, 5.41) is 4.22. The van der Waals surface area contributed by atoms with Crippen molar-refractivity contribution in [2.75, 3.05) is 0 Å². The number of aryl methyl sites for hydroxylation is 1. The van der Waals surface area contributed by atoms with Crippen molar-refractivity contribution in [3.8, 4) is 0 Å². The fraction of sp³-hybridized carbons (Fsp3) is 0.667. The zero-order valence-electron chi connectivity index (χ0n) is 7.46. The van der Waals surface area contributed by atoms with Crippen LogP contribution in [0.1, 0.15) is 25.0 Å². The first kappa shape index (κ1) is 8.00. The van der Waals surface area contributed by atoms with Gasteiger partial charge in [-0.2, -0.15) is 5.10 Å². The highest BCUT2D eigenvalue weighted by atomic mass is 79.9. The smallest absolute Gasteiger partial charge is 0.137 e. The van der Waals surface area contributed by atoms with Crippen molar-refractivity contribution in [2.45, 2.75) is 31.0 Å². The molecular formula is C9H11BrN2O. The zero-order chi connectivity index (χ0) is 9.05. The molecule has 1 saturated carbocycles. The van der Waals surface area contributed by atoms with Crippen molar-refractivity contribution in [3.05, 3.63) is 16.4 Å². The Morgan fingerprint density at radius 3 is 3.08 bits per heavy atom. The van der Waals surface area contributed by atoms with Gasteiger partial charge < -0.3 is 4.74 Å². The standard InChI is InChI=1S/C9H11BrN2O/c1-12-8(6(10)5-11-12)9-4-2-3-7(9)13-9/h5,7H,2-4H2,1H3/t7-,9+/m1/s1. The van der Waals surface area contributed by atoms with Gasteiger partial charge in [0.1, 0.15) is 5.60 Å². The molecule has 0 bridgehead atoms. The van der Waals surface area contributed by atoms with Gasteiger partial charge in [-0.3, -0.25) is 4.68 Å². The Morgan fingerprint density at radius 1 is 1.77 bits per heavy atom. The fourth-order valence-corrected chi connectivity index (χ4v) is 3.18. The summed E-state index contributed by atoms with van der Waals surface area (Å²) in [4.78, 5) is 0. The third-order valence-electron chi connectivity index (χ3n) is 3.12. The predicted octanol–water partition coefficient (Wildman–Crippen LogP) is 1.96. The fourth-order valence-electron chi connectivity index (χ4n) is 2.50. The van der Waals surface area contributed by atoms with E-state index in [-0.39, 0.29) is 5.60 Å². The van der Waals surface area contributed by atoms with E-state index in [1.165, 1.54) is 18.5 Å². The number of aromatic nitrogens is 2. The predicted molar refractivity (Wildman–Crippen MR) is 51.3 cm³/mol. The number of halogens is 1. The Bertz CT molecular complexity index is 343. The van der Waals surface area contributed by atoms with E-state index in [0.29, 0.717) is 6.10 Å². The molecule has 0 amide bonds. The van der Waals surface area contributed by atoms with Crippen LogP contribution in [0.15, 0.2) is 10.7 Å². The Balaban J connectivity index is 2.09. The van der Waals surface area contributed by atoms with Crippen LogP contribution in [-0.4, -0.2) is 15.9 Å². The molecule has 0 unspecified atom stereocenters. The quantitative estimate of drug-likeness (QED) is 0.706. The van der Waals surface area contributed by atoms with Crippen LogP contribution in [0.4, 0.5) is 0 Å². The van der Waals surface area contributed by atoms with Crippen LogP contribution in [0, 0.1) is 0 Å². The summed E-state index contributed by atoms with van der Waals surface area (Å²) < 4.78 is 8.76. The highest BCUT2D eigenvalue weighted by Gasteiger charge is 2.62. The lowest BCUT2D eigenvalue weighted by Crippen LogP contribution is -2.13. The molecule has 1 aliphatic carbocycles. The lowest BCUT2D eigenvalue weighted by molar-refractivity contribution is 0.244. The average Bonchev–Trinajstić information content (AvgIpc) is 2.48. The molecule has 13 heavy (non-hydrogen) atoms. The molecule has 0 aromatic carbocycles. The van der Waals surface area contributed by atoms with Crippen LogP contribution in [-0.2, 0) is 17.4 Å². The number of fused-ring (bicyclic) bond motifs is 1. The molecule has 1 aromatic rings. The van der Waals surface area contributed by atoms with Crippen molar-refractivity contribution >= 4 is 15.9 Å². The second kappa shape index (κ2) is 2.36. The Kier molecular flexibility index (Phi) is 1.45. The summed E-state index contributed by atoms with van der Waals surface area (Å²) in [5.74, 6) is 0. The van der Waals surface area contributed by atoms with Gasteiger partial charge in [-0.15, -0.1) is 0 Å². The summed E-state index contributed by atoms with van der Waals surface area (Å²) in [6.45, 7) is 0. The molecular weight excluding hydrogens is 232 g/mol. The van der Waals surface area contributed by atoms with Crippen LogP contribution >= 0.6 is 15.9 Å². The maximum atomic E-state index is 5.76. The van der Waals surface area contributed by atoms with Crippen molar-refractivity contribution in [1.82, 2.24) is 9.78 Å². The minimum Gasteiger partial charge on any atom is -0.359 e. The largest absolute Gasteiger partial charge is 0.359 e. The number of ether oxygens (including phenoxy) is 1. The molecule has 0 N–H and O–H groups in total. The van der Waals surface area contributed by atoms with Gasteiger partial charge in [0, 0.05) is 7.05 Å². The number of hydrogen-bond acceptors (Lipinski definition) is 2. The van der Waals surface area contributed by atoms with E-state index in [1.54, 1.807) is 0 Å². The van der Waals surface area contributed by atoms with Gasteiger partial charge in [0.25, 0.3) is 0 Å². The molecule has 2 fully saturated rings. The first-order valence-electron chi connectivity index (χ1n) is 4.60. The van der Waals surface area contributed by atoms with Crippen molar-refractivity contribution < 1.29 is 4.74 Å². The second-order valence-electron chi connectivity index (χ2n) is 3.85. The molecule has 1 aliphatic heterocycles. The first-order valence-corrected chi connectivity index (χ1v) is 5.39. The molecule has 3 rings (SSSR count). The molecule has 0 radical (unpaired) electrons. The van der Waals surface area contributed by atoms with Gasteiger partial charge in [-0.1, -0.05) is 0 Å². The third-order valence-corrected chi connectivity index (χ3v) is 3.71. The number of epoxide rings is 1. The molecule has 1 aromatic heterocycles. The Hall–Kier alpha value is -0.350. The molecule has 2 heterocycles. The highest BCUT2D eigenvalue weighted by Crippen LogP contribution is 2.58. The van der Waals surface area contributed by atoms with Gasteiger partial charge in [0.2, 0.25) is 0 Å². The van der Waals surface area contributed by atoms with Crippen LogP contribution in [0.2, 0.25) is 0 Å². The van der Waals surface area contributed by atoms with Crippen molar-refractivity contribution in [1.29, 1.82) is 0 Å². The Morgan fingerprint density at radius 2 is 2.62 bits per heavy atom. The Labute approximate surface area is 85.2 Å². The maximum Gasteiger partial charge on any atom is 0.137 e. The number of hydrogen-bond donors (Lipinski definition) is 0. The van der Waals surface area contributed by atoms with E-state index in [4.69, 9.17) is 4.74 Å². The van der Waals surface area contributed by atoms with E-state index in [9.17, 15) is 0 Å². The van der Waals surface area contributed by atoms with E-state index >= 15 is 0 Å². The molecule has 3 nitrogen and oxygen atoms in total. The lowest BCUT2D eigenvalue weighted by atomic mass is 10.0. The first-order chi connectivity index (χ1) is 6.24. The summed E-state index contributed by atoms with van der Waals surface area (Å²) in [6.07, 6.45) is 5.94. The van der Waals surface area contributed by atoms with E-state index in [1.807, 2.05) is 17.9 Å². The van der Waals surface area contributed by atoms with E-state index in [0.717, 1.165) is 10.9 Å². The highest BCUT2D eigenvalue weighted by molar-refractivity contribution is 9.10. The van der Waals surface area contributed by atoms with Crippen molar-refractivity contribution in [2.24, 2.45) is 7.05 Å². The number of rotatable bonds is 1. The third kappa shape index (κ3) is 0.904. The minimum absolute atomic E-state index is 0.0179. The summed E-state index contributed by atoms with van der Waals surface area (Å²) in [6, 6.07) is 0. The molecule has 70 valence electrons. The van der Waals surface area contributed by atoms with Gasteiger partial charge >= 0.3 is 0 Å². The monoisotopic (exact) mass is 242 g/mol.